The van der Waals surface area contributed by atoms with Crippen molar-refractivity contribution in [2.24, 2.45) is 0 Å². The largest absolute Gasteiger partial charge is 0.333 e. The second-order valence-corrected chi connectivity index (χ2v) is 6.63. The molecule has 2 rings (SSSR count). The zero-order valence-electron chi connectivity index (χ0n) is 11.5. The molecule has 0 amide bonds. The molecular formula is C13H18N4O2S. The van der Waals surface area contributed by atoms with Gasteiger partial charge in [-0.15, -0.1) is 0 Å². The SMILES string of the molecule is CN(C)S(=O)(=O)NCc1ccc(Cn2ccnc2)cc1. The lowest BCUT2D eigenvalue weighted by Crippen LogP contribution is -2.35. The molecule has 7 heteroatoms. The van der Waals surface area contributed by atoms with Gasteiger partial charge in [-0.05, 0) is 11.1 Å². The lowest BCUT2D eigenvalue weighted by atomic mass is 10.1. The average molecular weight is 294 g/mol. The number of rotatable bonds is 6. The normalized spacial score (nSPS) is 11.9. The van der Waals surface area contributed by atoms with Gasteiger partial charge in [-0.2, -0.15) is 17.4 Å². The third-order valence-electron chi connectivity index (χ3n) is 2.89. The Morgan fingerprint density at radius 2 is 1.85 bits per heavy atom. The van der Waals surface area contributed by atoms with Crippen LogP contribution in [0.5, 0.6) is 0 Å². The van der Waals surface area contributed by atoms with Gasteiger partial charge in [-0.3, -0.25) is 0 Å². The Morgan fingerprint density at radius 3 is 2.40 bits per heavy atom. The molecule has 0 saturated carbocycles. The monoisotopic (exact) mass is 294 g/mol. The first kappa shape index (κ1) is 14.7. The standard InChI is InChI=1S/C13H18N4O2S/c1-16(2)20(18,19)15-9-12-3-5-13(6-4-12)10-17-8-7-14-11-17/h3-8,11,15H,9-10H2,1-2H3. The van der Waals surface area contributed by atoms with Crippen molar-refractivity contribution in [3.63, 3.8) is 0 Å². The Labute approximate surface area is 119 Å². The Balaban J connectivity index is 1.95. The molecule has 1 aromatic carbocycles. The van der Waals surface area contributed by atoms with Crippen LogP contribution >= 0.6 is 0 Å². The predicted molar refractivity (Wildman–Crippen MR) is 77.2 cm³/mol. The highest BCUT2D eigenvalue weighted by atomic mass is 32.2. The molecule has 20 heavy (non-hydrogen) atoms. The number of nitrogens with zero attached hydrogens (tertiary/aromatic N) is 3. The van der Waals surface area contributed by atoms with E-state index in [4.69, 9.17) is 0 Å². The summed E-state index contributed by atoms with van der Waals surface area (Å²) in [6.45, 7) is 1.04. The van der Waals surface area contributed by atoms with E-state index in [1.165, 1.54) is 14.1 Å². The van der Waals surface area contributed by atoms with Crippen LogP contribution in [-0.4, -0.2) is 36.4 Å². The molecule has 6 nitrogen and oxygen atoms in total. The fourth-order valence-electron chi connectivity index (χ4n) is 1.66. The van der Waals surface area contributed by atoms with Gasteiger partial charge in [0.1, 0.15) is 0 Å². The molecular weight excluding hydrogens is 276 g/mol. The van der Waals surface area contributed by atoms with Crippen LogP contribution in [-0.2, 0) is 23.3 Å². The van der Waals surface area contributed by atoms with Gasteiger partial charge in [-0.25, -0.2) is 4.98 Å². The molecule has 1 aromatic heterocycles. The maximum Gasteiger partial charge on any atom is 0.279 e. The number of nitrogens with one attached hydrogen (secondary N) is 1. The second kappa shape index (κ2) is 6.17. The van der Waals surface area contributed by atoms with Crippen LogP contribution in [0, 0.1) is 0 Å². The molecule has 108 valence electrons. The average Bonchev–Trinajstić information content (AvgIpc) is 2.91. The van der Waals surface area contributed by atoms with Gasteiger partial charge in [-0.1, -0.05) is 24.3 Å². The van der Waals surface area contributed by atoms with Gasteiger partial charge >= 0.3 is 0 Å². The quantitative estimate of drug-likeness (QED) is 0.858. The van der Waals surface area contributed by atoms with Crippen LogP contribution in [0.2, 0.25) is 0 Å². The van der Waals surface area contributed by atoms with Gasteiger partial charge in [0.2, 0.25) is 0 Å². The Hall–Kier alpha value is -1.70. The van der Waals surface area contributed by atoms with Crippen LogP contribution in [0.25, 0.3) is 0 Å². The highest BCUT2D eigenvalue weighted by molar-refractivity contribution is 7.87. The van der Waals surface area contributed by atoms with Gasteiger partial charge in [0.15, 0.2) is 0 Å². The first-order valence-electron chi connectivity index (χ1n) is 6.18. The van der Waals surface area contributed by atoms with E-state index >= 15 is 0 Å². The smallest absolute Gasteiger partial charge is 0.279 e. The molecule has 0 fully saturated rings. The summed E-state index contributed by atoms with van der Waals surface area (Å²) in [7, 11) is -0.383. The minimum absolute atomic E-state index is 0.284. The fraction of sp³-hybridized carbons (Fsp3) is 0.308. The van der Waals surface area contributed by atoms with Crippen LogP contribution < -0.4 is 4.72 Å². The van der Waals surface area contributed by atoms with Crippen molar-refractivity contribution in [3.05, 3.63) is 54.1 Å². The highest BCUT2D eigenvalue weighted by Gasteiger charge is 2.11. The molecule has 1 N–H and O–H groups in total. The Kier molecular flexibility index (Phi) is 4.53. The van der Waals surface area contributed by atoms with E-state index in [1.807, 2.05) is 35.0 Å². The van der Waals surface area contributed by atoms with Gasteiger partial charge < -0.3 is 4.57 Å². The summed E-state index contributed by atoms with van der Waals surface area (Å²) in [6, 6.07) is 7.81. The van der Waals surface area contributed by atoms with Gasteiger partial charge in [0.25, 0.3) is 10.2 Å². The molecule has 1 heterocycles. The Bertz CT molecular complexity index is 634. The van der Waals surface area contributed by atoms with Gasteiger partial charge in [0.05, 0.1) is 6.33 Å². The topological polar surface area (TPSA) is 67.2 Å². The molecule has 0 spiro atoms. The van der Waals surface area contributed by atoms with Gasteiger partial charge in [0, 0.05) is 39.6 Å². The highest BCUT2D eigenvalue weighted by Crippen LogP contribution is 2.07. The summed E-state index contributed by atoms with van der Waals surface area (Å²) < 4.78 is 28.8. The summed E-state index contributed by atoms with van der Waals surface area (Å²) >= 11 is 0. The van der Waals surface area contributed by atoms with Crippen molar-refractivity contribution >= 4 is 10.2 Å². The number of benzene rings is 1. The summed E-state index contributed by atoms with van der Waals surface area (Å²) in [5, 5.41) is 0. The van der Waals surface area contributed by atoms with E-state index in [-0.39, 0.29) is 6.54 Å². The number of imidazole rings is 1. The third kappa shape index (κ3) is 3.89. The molecule has 0 aliphatic heterocycles. The summed E-state index contributed by atoms with van der Waals surface area (Å²) in [6.07, 6.45) is 5.41. The third-order valence-corrected chi connectivity index (χ3v) is 4.36. The number of hydrogen-bond donors (Lipinski definition) is 1. The van der Waals surface area contributed by atoms with Crippen molar-refractivity contribution in [1.29, 1.82) is 0 Å². The van der Waals surface area contributed by atoms with Crippen molar-refractivity contribution in [3.8, 4) is 0 Å². The first-order valence-corrected chi connectivity index (χ1v) is 7.62. The zero-order valence-corrected chi connectivity index (χ0v) is 12.3. The summed E-state index contributed by atoms with van der Waals surface area (Å²) in [5.74, 6) is 0. The molecule has 0 aliphatic carbocycles. The van der Waals surface area contributed by atoms with E-state index in [0.717, 1.165) is 22.0 Å². The molecule has 2 aromatic rings. The van der Waals surface area contributed by atoms with Crippen molar-refractivity contribution < 1.29 is 8.42 Å². The summed E-state index contributed by atoms with van der Waals surface area (Å²) in [4.78, 5) is 3.99. The molecule has 0 radical (unpaired) electrons. The maximum absolute atomic E-state index is 11.6. The van der Waals surface area contributed by atoms with Crippen LogP contribution in [0.3, 0.4) is 0 Å². The molecule has 0 atom stereocenters. The van der Waals surface area contributed by atoms with Crippen molar-refractivity contribution in [2.45, 2.75) is 13.1 Å². The Morgan fingerprint density at radius 1 is 1.20 bits per heavy atom. The number of hydrogen-bond acceptors (Lipinski definition) is 3. The van der Waals surface area contributed by atoms with E-state index in [0.29, 0.717) is 0 Å². The van der Waals surface area contributed by atoms with E-state index in [2.05, 4.69) is 9.71 Å². The molecule has 0 unspecified atom stereocenters. The molecule has 0 saturated heterocycles. The van der Waals surface area contributed by atoms with E-state index in [9.17, 15) is 8.42 Å². The van der Waals surface area contributed by atoms with Crippen LogP contribution in [0.1, 0.15) is 11.1 Å². The second-order valence-electron chi connectivity index (χ2n) is 4.66. The molecule has 0 aliphatic rings. The van der Waals surface area contributed by atoms with Crippen LogP contribution in [0.4, 0.5) is 0 Å². The maximum atomic E-state index is 11.6. The summed E-state index contributed by atoms with van der Waals surface area (Å²) in [5.41, 5.74) is 2.06. The molecule has 0 bridgehead atoms. The first-order chi connectivity index (χ1) is 9.47. The zero-order chi connectivity index (χ0) is 14.6. The number of aromatic nitrogens is 2. The van der Waals surface area contributed by atoms with E-state index in [1.54, 1.807) is 12.5 Å². The van der Waals surface area contributed by atoms with E-state index < -0.39 is 10.2 Å². The minimum Gasteiger partial charge on any atom is -0.333 e. The lowest BCUT2D eigenvalue weighted by Gasteiger charge is -2.12. The minimum atomic E-state index is -3.38. The van der Waals surface area contributed by atoms with Crippen LogP contribution in [0.15, 0.2) is 43.0 Å². The van der Waals surface area contributed by atoms with Crippen molar-refractivity contribution in [1.82, 2.24) is 18.6 Å². The van der Waals surface area contributed by atoms with Crippen molar-refractivity contribution in [2.75, 3.05) is 14.1 Å². The lowest BCUT2D eigenvalue weighted by molar-refractivity contribution is 0.505. The fourth-order valence-corrected chi connectivity index (χ4v) is 2.26. The predicted octanol–water partition coefficient (Wildman–Crippen LogP) is 0.827.